The monoisotopic (exact) mass is 380 g/mol. The summed E-state index contributed by atoms with van der Waals surface area (Å²) >= 11 is 0. The van der Waals surface area contributed by atoms with Crippen LogP contribution >= 0.6 is 0 Å². The van der Waals surface area contributed by atoms with Crippen LogP contribution in [0.25, 0.3) is 0 Å². The van der Waals surface area contributed by atoms with E-state index in [-0.39, 0.29) is 23.9 Å². The summed E-state index contributed by atoms with van der Waals surface area (Å²) < 4.78 is 22.4. The van der Waals surface area contributed by atoms with Gasteiger partial charge in [0.2, 0.25) is 15.9 Å². The van der Waals surface area contributed by atoms with Crippen LogP contribution in [-0.4, -0.2) is 43.2 Å². The van der Waals surface area contributed by atoms with Gasteiger partial charge in [0.05, 0.1) is 4.90 Å². The minimum absolute atomic E-state index is 0.0197. The molecule has 26 heavy (non-hydrogen) atoms. The van der Waals surface area contributed by atoms with Crippen LogP contribution in [0.5, 0.6) is 0 Å². The van der Waals surface area contributed by atoms with Gasteiger partial charge < -0.3 is 10.6 Å². The van der Waals surface area contributed by atoms with E-state index < -0.39 is 27.5 Å². The molecular weight excluding hydrogens is 360 g/mol. The van der Waals surface area contributed by atoms with Crippen molar-refractivity contribution in [1.29, 1.82) is 0 Å². The molecule has 4 amide bonds. The summed E-state index contributed by atoms with van der Waals surface area (Å²) in [6.07, 6.45) is 2.96. The standard InChI is InChI=1S/C16H20N4O5S/c17-26(24,25)12-5-3-11(4-6-12)9-18-13(21)10-20-14(22)16(19-15(20)23)7-1-2-8-16/h3-6H,1-2,7-10H2,(H,18,21)(H,19,23)(H2,17,24,25). The van der Waals surface area contributed by atoms with Crippen LogP contribution in [-0.2, 0) is 26.2 Å². The van der Waals surface area contributed by atoms with Crippen LogP contribution in [0.3, 0.4) is 0 Å². The third-order valence-electron chi connectivity index (χ3n) is 4.75. The fourth-order valence-electron chi connectivity index (χ4n) is 3.33. The van der Waals surface area contributed by atoms with Gasteiger partial charge in [-0.3, -0.25) is 14.5 Å². The molecule has 9 nitrogen and oxygen atoms in total. The Morgan fingerprint density at radius 2 is 1.81 bits per heavy atom. The molecule has 2 fully saturated rings. The summed E-state index contributed by atoms with van der Waals surface area (Å²) in [5.74, 6) is -0.813. The molecule has 0 unspecified atom stereocenters. The fourth-order valence-corrected chi connectivity index (χ4v) is 3.85. The average molecular weight is 380 g/mol. The Bertz CT molecular complexity index is 844. The zero-order valence-corrected chi connectivity index (χ0v) is 14.8. The van der Waals surface area contributed by atoms with Crippen LogP contribution in [0.15, 0.2) is 29.2 Å². The molecule has 10 heteroatoms. The Morgan fingerprint density at radius 1 is 1.19 bits per heavy atom. The maximum absolute atomic E-state index is 12.5. The molecular formula is C16H20N4O5S. The first kappa shape index (κ1) is 18.3. The highest BCUT2D eigenvalue weighted by atomic mass is 32.2. The molecule has 1 spiro atoms. The van der Waals surface area contributed by atoms with Crippen LogP contribution in [0.4, 0.5) is 4.79 Å². The molecule has 0 bridgehead atoms. The molecule has 140 valence electrons. The van der Waals surface area contributed by atoms with Crippen LogP contribution in [0.1, 0.15) is 31.2 Å². The molecule has 1 aromatic carbocycles. The Morgan fingerprint density at radius 3 is 2.38 bits per heavy atom. The number of primary sulfonamides is 1. The average Bonchev–Trinajstić information content (AvgIpc) is 3.14. The number of benzene rings is 1. The summed E-state index contributed by atoms with van der Waals surface area (Å²) in [6, 6.07) is 5.21. The van der Waals surface area contributed by atoms with E-state index in [1.807, 2.05) is 0 Å². The molecule has 1 saturated carbocycles. The second-order valence-electron chi connectivity index (χ2n) is 6.58. The van der Waals surface area contributed by atoms with E-state index in [0.717, 1.165) is 17.7 Å². The number of hydrogen-bond donors (Lipinski definition) is 3. The lowest BCUT2D eigenvalue weighted by Crippen LogP contribution is -2.45. The first-order valence-electron chi connectivity index (χ1n) is 8.24. The third kappa shape index (κ3) is 3.56. The van der Waals surface area contributed by atoms with Gasteiger partial charge in [0.25, 0.3) is 5.91 Å². The SMILES string of the molecule is NS(=O)(=O)c1ccc(CNC(=O)CN2C(=O)NC3(CCCC3)C2=O)cc1. The number of carbonyl (C=O) groups is 3. The summed E-state index contributed by atoms with van der Waals surface area (Å²) in [6.45, 7) is -0.208. The van der Waals surface area contributed by atoms with Crippen LogP contribution in [0.2, 0.25) is 0 Å². The van der Waals surface area contributed by atoms with Crippen molar-refractivity contribution in [3.05, 3.63) is 29.8 Å². The summed E-state index contributed by atoms with van der Waals surface area (Å²) in [4.78, 5) is 37.5. The minimum atomic E-state index is -3.77. The number of sulfonamides is 1. The van der Waals surface area contributed by atoms with Gasteiger partial charge in [-0.05, 0) is 30.5 Å². The normalized spacial score (nSPS) is 19.0. The third-order valence-corrected chi connectivity index (χ3v) is 5.68. The zero-order valence-electron chi connectivity index (χ0n) is 14.0. The predicted octanol–water partition coefficient (Wildman–Crippen LogP) is -0.185. The van der Waals surface area contributed by atoms with Gasteiger partial charge in [0.15, 0.2) is 0 Å². The minimum Gasteiger partial charge on any atom is -0.350 e. The van der Waals surface area contributed by atoms with Crippen LogP contribution < -0.4 is 15.8 Å². The van der Waals surface area contributed by atoms with Crippen LogP contribution in [0, 0.1) is 0 Å². The molecule has 0 radical (unpaired) electrons. The number of nitrogens with two attached hydrogens (primary N) is 1. The summed E-state index contributed by atoms with van der Waals surface area (Å²) in [7, 11) is -3.77. The first-order chi connectivity index (χ1) is 12.2. The van der Waals surface area contributed by atoms with Gasteiger partial charge in [0, 0.05) is 6.54 Å². The van der Waals surface area contributed by atoms with Crippen molar-refractivity contribution >= 4 is 27.9 Å². The van der Waals surface area contributed by atoms with Crippen molar-refractivity contribution in [2.45, 2.75) is 42.7 Å². The van der Waals surface area contributed by atoms with Crippen molar-refractivity contribution < 1.29 is 22.8 Å². The highest BCUT2D eigenvalue weighted by molar-refractivity contribution is 7.89. The first-order valence-corrected chi connectivity index (χ1v) is 9.78. The Balaban J connectivity index is 1.56. The topological polar surface area (TPSA) is 139 Å². The second kappa shape index (κ2) is 6.69. The van der Waals surface area contributed by atoms with E-state index in [1.165, 1.54) is 24.3 Å². The molecule has 1 aliphatic carbocycles. The molecule has 1 aromatic rings. The Kier molecular flexibility index (Phi) is 4.72. The molecule has 1 saturated heterocycles. The van der Waals surface area contributed by atoms with Crippen molar-refractivity contribution in [3.8, 4) is 0 Å². The van der Waals surface area contributed by atoms with Crippen molar-refractivity contribution in [2.75, 3.05) is 6.54 Å². The van der Waals surface area contributed by atoms with E-state index in [1.54, 1.807) is 0 Å². The lowest BCUT2D eigenvalue weighted by Gasteiger charge is -2.19. The molecule has 2 aliphatic rings. The smallest absolute Gasteiger partial charge is 0.325 e. The van der Waals surface area contributed by atoms with Gasteiger partial charge in [0.1, 0.15) is 12.1 Å². The molecule has 0 aromatic heterocycles. The van der Waals surface area contributed by atoms with E-state index in [0.29, 0.717) is 18.4 Å². The largest absolute Gasteiger partial charge is 0.350 e. The summed E-state index contributed by atoms with van der Waals surface area (Å²) in [5.41, 5.74) is -0.170. The molecule has 4 N–H and O–H groups in total. The molecule has 1 aliphatic heterocycles. The number of carbonyl (C=O) groups excluding carboxylic acids is 3. The molecule has 1 heterocycles. The van der Waals surface area contributed by atoms with Gasteiger partial charge in [-0.1, -0.05) is 25.0 Å². The number of rotatable bonds is 5. The number of hydrogen-bond acceptors (Lipinski definition) is 5. The van der Waals surface area contributed by atoms with E-state index in [4.69, 9.17) is 5.14 Å². The molecule has 3 rings (SSSR count). The highest BCUT2D eigenvalue weighted by Crippen LogP contribution is 2.34. The quantitative estimate of drug-likeness (QED) is 0.608. The van der Waals surface area contributed by atoms with Gasteiger partial charge >= 0.3 is 6.03 Å². The number of nitrogens with one attached hydrogen (secondary N) is 2. The van der Waals surface area contributed by atoms with Crippen molar-refractivity contribution in [2.24, 2.45) is 5.14 Å². The van der Waals surface area contributed by atoms with E-state index >= 15 is 0 Å². The van der Waals surface area contributed by atoms with Crippen molar-refractivity contribution in [1.82, 2.24) is 15.5 Å². The zero-order chi connectivity index (χ0) is 18.9. The fraction of sp³-hybridized carbons (Fsp3) is 0.438. The number of urea groups is 1. The van der Waals surface area contributed by atoms with E-state index in [9.17, 15) is 22.8 Å². The number of imide groups is 1. The Labute approximate surface area is 151 Å². The molecule has 0 atom stereocenters. The summed E-state index contributed by atoms with van der Waals surface area (Å²) in [5, 5.41) is 10.4. The van der Waals surface area contributed by atoms with Gasteiger partial charge in [-0.25, -0.2) is 18.4 Å². The highest BCUT2D eigenvalue weighted by Gasteiger charge is 2.52. The predicted molar refractivity (Wildman–Crippen MR) is 91.1 cm³/mol. The van der Waals surface area contributed by atoms with E-state index in [2.05, 4.69) is 10.6 Å². The maximum Gasteiger partial charge on any atom is 0.325 e. The van der Waals surface area contributed by atoms with Gasteiger partial charge in [-0.15, -0.1) is 0 Å². The second-order valence-corrected chi connectivity index (χ2v) is 8.14. The Hall–Kier alpha value is -2.46. The lowest BCUT2D eigenvalue weighted by atomic mass is 9.98. The number of nitrogens with zero attached hydrogens (tertiary/aromatic N) is 1. The van der Waals surface area contributed by atoms with Crippen molar-refractivity contribution in [3.63, 3.8) is 0 Å². The van der Waals surface area contributed by atoms with Gasteiger partial charge in [-0.2, -0.15) is 0 Å². The maximum atomic E-state index is 12.5. The lowest BCUT2D eigenvalue weighted by molar-refractivity contribution is -0.134. The number of amides is 4.